The van der Waals surface area contributed by atoms with Gasteiger partial charge in [0.05, 0.1) is 29.4 Å². The van der Waals surface area contributed by atoms with E-state index in [1.807, 2.05) is 0 Å². The number of methoxy groups -OCH3 is 1. The number of aliphatic hydroxyl groups is 1. The minimum Gasteiger partial charge on any atom is -0.491 e. The van der Waals surface area contributed by atoms with E-state index in [2.05, 4.69) is 14.9 Å². The summed E-state index contributed by atoms with van der Waals surface area (Å²) in [4.78, 5) is 11.4. The van der Waals surface area contributed by atoms with E-state index in [-0.39, 0.29) is 28.2 Å². The predicted molar refractivity (Wildman–Crippen MR) is 103 cm³/mol. The van der Waals surface area contributed by atoms with Crippen LogP contribution in [0.1, 0.15) is 15.9 Å². The maximum Gasteiger partial charge on any atom is 0.417 e. The van der Waals surface area contributed by atoms with Gasteiger partial charge in [0.25, 0.3) is 0 Å². The summed E-state index contributed by atoms with van der Waals surface area (Å²) in [5.41, 5.74) is -0.485. The van der Waals surface area contributed by atoms with E-state index in [4.69, 9.17) is 16.3 Å². The maximum atomic E-state index is 13.0. The SMILES string of the molecule is COC(=O)c1ccc(OCC(O)CSc2nnc3c(Cl)cc(C(F)(F)F)cn23)cc1. The van der Waals surface area contributed by atoms with Gasteiger partial charge in [-0.25, -0.2) is 4.79 Å². The largest absolute Gasteiger partial charge is 0.491 e. The monoisotopic (exact) mass is 461 g/mol. The lowest BCUT2D eigenvalue weighted by atomic mass is 10.2. The van der Waals surface area contributed by atoms with Crippen LogP contribution in [0.25, 0.3) is 5.65 Å². The molecular formula is C18H15ClF3N3O4S. The minimum atomic E-state index is -4.57. The number of rotatable bonds is 7. The molecule has 12 heteroatoms. The molecule has 3 rings (SSSR count). The fourth-order valence-corrected chi connectivity index (χ4v) is 3.46. The highest BCUT2D eigenvalue weighted by Gasteiger charge is 2.32. The Labute approximate surface area is 177 Å². The second kappa shape index (κ2) is 9.11. The number of alkyl halides is 3. The number of pyridine rings is 1. The van der Waals surface area contributed by atoms with Crippen LogP contribution in [-0.2, 0) is 10.9 Å². The van der Waals surface area contributed by atoms with Crippen molar-refractivity contribution in [1.29, 1.82) is 0 Å². The number of carbonyl (C=O) groups is 1. The van der Waals surface area contributed by atoms with Gasteiger partial charge >= 0.3 is 12.1 Å². The van der Waals surface area contributed by atoms with E-state index in [1.165, 1.54) is 19.2 Å². The summed E-state index contributed by atoms with van der Waals surface area (Å²) >= 11 is 6.88. The van der Waals surface area contributed by atoms with Crippen LogP contribution >= 0.6 is 23.4 Å². The summed E-state index contributed by atoms with van der Waals surface area (Å²) in [6.07, 6.45) is -4.65. The van der Waals surface area contributed by atoms with Crippen LogP contribution in [0.3, 0.4) is 0 Å². The first-order valence-electron chi connectivity index (χ1n) is 8.42. The van der Waals surface area contributed by atoms with E-state index < -0.39 is 23.8 Å². The van der Waals surface area contributed by atoms with Crippen LogP contribution in [-0.4, -0.2) is 51.2 Å². The predicted octanol–water partition coefficient (Wildman–Crippen LogP) is 3.72. The van der Waals surface area contributed by atoms with Gasteiger partial charge < -0.3 is 14.6 Å². The lowest BCUT2D eigenvalue weighted by molar-refractivity contribution is -0.137. The molecule has 0 bridgehead atoms. The molecule has 2 heterocycles. The molecule has 3 aromatic rings. The van der Waals surface area contributed by atoms with E-state index in [9.17, 15) is 23.1 Å². The normalized spacial score (nSPS) is 12.7. The van der Waals surface area contributed by atoms with Crippen LogP contribution in [0.15, 0.2) is 41.7 Å². The molecule has 0 aliphatic heterocycles. The van der Waals surface area contributed by atoms with Gasteiger partial charge in [-0.1, -0.05) is 23.4 Å². The molecule has 30 heavy (non-hydrogen) atoms. The fourth-order valence-electron chi connectivity index (χ4n) is 2.40. The highest BCUT2D eigenvalue weighted by atomic mass is 35.5. The molecule has 1 N–H and O–H groups in total. The third-order valence-electron chi connectivity index (χ3n) is 3.88. The summed E-state index contributed by atoms with van der Waals surface area (Å²) in [6.45, 7) is -0.0735. The van der Waals surface area contributed by atoms with Crippen molar-refractivity contribution in [3.05, 3.63) is 52.7 Å². The molecular weight excluding hydrogens is 447 g/mol. The van der Waals surface area contributed by atoms with Gasteiger partial charge in [0.15, 0.2) is 10.8 Å². The van der Waals surface area contributed by atoms with Gasteiger partial charge in [-0.15, -0.1) is 10.2 Å². The van der Waals surface area contributed by atoms with E-state index in [0.717, 1.165) is 28.4 Å². The van der Waals surface area contributed by atoms with Gasteiger partial charge in [0, 0.05) is 11.9 Å². The summed E-state index contributed by atoms with van der Waals surface area (Å²) in [5, 5.41) is 17.7. The summed E-state index contributed by atoms with van der Waals surface area (Å²) in [5.74, 6) is 0.0445. The number of aromatic nitrogens is 3. The molecule has 2 aromatic heterocycles. The van der Waals surface area contributed by atoms with Crippen molar-refractivity contribution in [3.8, 4) is 5.75 Å². The molecule has 7 nitrogen and oxygen atoms in total. The maximum absolute atomic E-state index is 13.0. The lowest BCUT2D eigenvalue weighted by Gasteiger charge is -2.12. The number of thioether (sulfide) groups is 1. The third-order valence-corrected chi connectivity index (χ3v) is 5.24. The Morgan fingerprint density at radius 2 is 2.00 bits per heavy atom. The van der Waals surface area contributed by atoms with Gasteiger partial charge in [-0.2, -0.15) is 13.2 Å². The van der Waals surface area contributed by atoms with Crippen LogP contribution in [0, 0.1) is 0 Å². The highest BCUT2D eigenvalue weighted by molar-refractivity contribution is 7.99. The summed E-state index contributed by atoms with van der Waals surface area (Å²) < 4.78 is 50.2. The van der Waals surface area contributed by atoms with Crippen molar-refractivity contribution < 1.29 is 32.5 Å². The average Bonchev–Trinajstić information content (AvgIpc) is 3.13. The highest BCUT2D eigenvalue weighted by Crippen LogP contribution is 2.33. The van der Waals surface area contributed by atoms with Crippen LogP contribution in [0.2, 0.25) is 5.02 Å². The smallest absolute Gasteiger partial charge is 0.417 e. The molecule has 0 amide bonds. The number of ether oxygens (including phenoxy) is 2. The van der Waals surface area contributed by atoms with Gasteiger partial charge in [-0.05, 0) is 30.3 Å². The lowest BCUT2D eigenvalue weighted by Crippen LogP contribution is -2.20. The molecule has 0 spiro atoms. The number of hydrogen-bond acceptors (Lipinski definition) is 7. The second-order valence-corrected chi connectivity index (χ2v) is 7.44. The zero-order valence-corrected chi connectivity index (χ0v) is 17.0. The van der Waals surface area contributed by atoms with Gasteiger partial charge in [0.1, 0.15) is 12.4 Å². The van der Waals surface area contributed by atoms with Crippen molar-refractivity contribution in [2.75, 3.05) is 19.5 Å². The summed E-state index contributed by atoms with van der Waals surface area (Å²) in [7, 11) is 1.28. The Hall–Kier alpha value is -2.50. The number of aliphatic hydroxyl groups excluding tert-OH is 1. The number of halogens is 4. The van der Waals surface area contributed by atoms with Crippen molar-refractivity contribution in [2.45, 2.75) is 17.4 Å². The Kier molecular flexibility index (Phi) is 6.74. The minimum absolute atomic E-state index is 0.0735. The standard InChI is InChI=1S/C18H15ClF3N3O4S/c1-28-16(27)10-2-4-13(5-3-10)29-8-12(26)9-30-17-24-23-15-14(19)6-11(7-25(15)17)18(20,21)22/h2-7,12,26H,8-9H2,1H3. The van der Waals surface area contributed by atoms with Crippen molar-refractivity contribution >= 4 is 35.0 Å². The van der Waals surface area contributed by atoms with E-state index in [0.29, 0.717) is 11.3 Å². The molecule has 0 radical (unpaired) electrons. The third kappa shape index (κ3) is 5.15. The first-order valence-corrected chi connectivity index (χ1v) is 9.79. The molecule has 0 saturated carbocycles. The number of benzene rings is 1. The molecule has 0 aliphatic carbocycles. The van der Waals surface area contributed by atoms with Crippen molar-refractivity contribution in [3.63, 3.8) is 0 Å². The number of fused-ring (bicyclic) bond motifs is 1. The van der Waals surface area contributed by atoms with Crippen molar-refractivity contribution in [1.82, 2.24) is 14.6 Å². The number of carbonyl (C=O) groups excluding carboxylic acids is 1. The molecule has 1 atom stereocenters. The summed E-state index contributed by atoms with van der Waals surface area (Å²) in [6, 6.07) is 6.94. The first-order chi connectivity index (χ1) is 14.2. The Balaban J connectivity index is 1.60. The molecule has 0 saturated heterocycles. The van der Waals surface area contributed by atoms with Gasteiger partial charge in [0.2, 0.25) is 0 Å². The number of nitrogens with zero attached hydrogens (tertiary/aromatic N) is 3. The Morgan fingerprint density at radius 3 is 2.63 bits per heavy atom. The second-order valence-electron chi connectivity index (χ2n) is 6.04. The molecule has 1 aromatic carbocycles. The first kappa shape index (κ1) is 22.2. The van der Waals surface area contributed by atoms with Crippen molar-refractivity contribution in [2.24, 2.45) is 0 Å². The quantitative estimate of drug-likeness (QED) is 0.424. The van der Waals surface area contributed by atoms with Crippen LogP contribution in [0.4, 0.5) is 13.2 Å². The molecule has 0 fully saturated rings. The Bertz CT molecular complexity index is 1040. The number of hydrogen-bond donors (Lipinski definition) is 1. The molecule has 160 valence electrons. The zero-order chi connectivity index (χ0) is 21.9. The number of esters is 1. The molecule has 1 unspecified atom stereocenters. The van der Waals surface area contributed by atoms with E-state index >= 15 is 0 Å². The van der Waals surface area contributed by atoms with Gasteiger partial charge in [-0.3, -0.25) is 4.40 Å². The zero-order valence-electron chi connectivity index (χ0n) is 15.4. The van der Waals surface area contributed by atoms with Crippen LogP contribution in [0.5, 0.6) is 5.75 Å². The molecule has 0 aliphatic rings. The average molecular weight is 462 g/mol. The van der Waals surface area contributed by atoms with E-state index in [1.54, 1.807) is 12.1 Å². The van der Waals surface area contributed by atoms with Crippen LogP contribution < -0.4 is 4.74 Å². The fraction of sp³-hybridized carbons (Fsp3) is 0.278. The topological polar surface area (TPSA) is 86.0 Å². The Morgan fingerprint density at radius 1 is 1.30 bits per heavy atom.